The van der Waals surface area contributed by atoms with Gasteiger partial charge in [-0.1, -0.05) is 23.8 Å². The Hall–Kier alpha value is -1.16. The van der Waals surface area contributed by atoms with Crippen molar-refractivity contribution in [1.82, 2.24) is 5.43 Å². The summed E-state index contributed by atoms with van der Waals surface area (Å²) in [7, 11) is 0. The second-order valence-corrected chi connectivity index (χ2v) is 5.18. The maximum atomic E-state index is 5.59. The van der Waals surface area contributed by atoms with E-state index in [0.29, 0.717) is 0 Å². The van der Waals surface area contributed by atoms with Crippen molar-refractivity contribution in [2.24, 2.45) is 5.84 Å². The number of fused-ring (bicyclic) bond motifs is 1. The molecule has 1 heterocycles. The molecule has 0 aliphatic carbocycles. The van der Waals surface area contributed by atoms with Gasteiger partial charge in [-0.3, -0.25) is 11.3 Å². The summed E-state index contributed by atoms with van der Waals surface area (Å²) in [5.74, 6) is 5.59. The molecule has 2 aromatic rings. The van der Waals surface area contributed by atoms with Crippen molar-refractivity contribution < 1.29 is 0 Å². The Morgan fingerprint density at radius 3 is 2.88 bits per heavy atom. The highest BCUT2D eigenvalue weighted by Crippen LogP contribution is 2.31. The van der Waals surface area contributed by atoms with Gasteiger partial charge in [0, 0.05) is 9.58 Å². The van der Waals surface area contributed by atoms with Crippen LogP contribution >= 0.6 is 11.3 Å². The fourth-order valence-electron chi connectivity index (χ4n) is 1.76. The number of hydrazine groups is 1. The molecule has 3 N–H and O–H groups in total. The molecule has 0 radical (unpaired) electrons. The lowest BCUT2D eigenvalue weighted by Gasteiger charge is -2.13. The minimum atomic E-state index is 0.176. The number of rotatable bonds is 4. The molecule has 2 nitrogen and oxygen atoms in total. The summed E-state index contributed by atoms with van der Waals surface area (Å²) in [6.45, 7) is 5.96. The third-order valence-corrected chi connectivity index (χ3v) is 3.77. The SMILES string of the molecule is C=C(C)CC(NN)c1cc2ccccc2s1. The van der Waals surface area contributed by atoms with E-state index in [1.54, 1.807) is 11.3 Å². The van der Waals surface area contributed by atoms with E-state index in [-0.39, 0.29) is 6.04 Å². The van der Waals surface area contributed by atoms with E-state index in [2.05, 4.69) is 42.3 Å². The summed E-state index contributed by atoms with van der Waals surface area (Å²) < 4.78 is 1.31. The molecule has 3 heteroatoms. The van der Waals surface area contributed by atoms with E-state index in [1.807, 2.05) is 6.92 Å². The van der Waals surface area contributed by atoms with Crippen LogP contribution in [0.2, 0.25) is 0 Å². The fraction of sp³-hybridized carbons (Fsp3) is 0.231. The second-order valence-electron chi connectivity index (χ2n) is 4.07. The van der Waals surface area contributed by atoms with Crippen molar-refractivity contribution in [1.29, 1.82) is 0 Å². The summed E-state index contributed by atoms with van der Waals surface area (Å²) in [4.78, 5) is 1.27. The molecular weight excluding hydrogens is 216 g/mol. The van der Waals surface area contributed by atoms with Crippen molar-refractivity contribution in [2.45, 2.75) is 19.4 Å². The van der Waals surface area contributed by atoms with Crippen LogP contribution in [0, 0.1) is 0 Å². The summed E-state index contributed by atoms with van der Waals surface area (Å²) in [5.41, 5.74) is 4.00. The van der Waals surface area contributed by atoms with Gasteiger partial charge in [0.2, 0.25) is 0 Å². The normalized spacial score (nSPS) is 12.9. The highest BCUT2D eigenvalue weighted by molar-refractivity contribution is 7.19. The number of hydrogen-bond donors (Lipinski definition) is 2. The molecule has 1 unspecified atom stereocenters. The fourth-order valence-corrected chi connectivity index (χ4v) is 2.89. The van der Waals surface area contributed by atoms with Crippen LogP contribution in [0.1, 0.15) is 24.3 Å². The summed E-state index contributed by atoms with van der Waals surface area (Å²) in [6.07, 6.45) is 0.878. The Morgan fingerprint density at radius 1 is 1.50 bits per heavy atom. The van der Waals surface area contributed by atoms with Gasteiger partial charge in [0.15, 0.2) is 0 Å². The third kappa shape index (κ3) is 2.32. The monoisotopic (exact) mass is 232 g/mol. The van der Waals surface area contributed by atoms with Gasteiger partial charge in [0.05, 0.1) is 6.04 Å². The molecule has 16 heavy (non-hydrogen) atoms. The van der Waals surface area contributed by atoms with E-state index in [4.69, 9.17) is 5.84 Å². The Morgan fingerprint density at radius 2 is 2.25 bits per heavy atom. The van der Waals surface area contributed by atoms with Crippen LogP contribution in [-0.2, 0) is 0 Å². The highest BCUT2D eigenvalue weighted by atomic mass is 32.1. The first kappa shape index (κ1) is 11.3. The molecule has 1 aromatic carbocycles. The van der Waals surface area contributed by atoms with Crippen molar-refractivity contribution in [3.8, 4) is 0 Å². The van der Waals surface area contributed by atoms with Crippen LogP contribution in [0.15, 0.2) is 42.5 Å². The summed E-state index contributed by atoms with van der Waals surface area (Å²) in [6, 6.07) is 10.8. The maximum absolute atomic E-state index is 5.59. The highest BCUT2D eigenvalue weighted by Gasteiger charge is 2.12. The van der Waals surface area contributed by atoms with Crippen LogP contribution in [0.5, 0.6) is 0 Å². The van der Waals surface area contributed by atoms with Crippen molar-refractivity contribution in [2.75, 3.05) is 0 Å². The third-order valence-electron chi connectivity index (χ3n) is 2.54. The van der Waals surface area contributed by atoms with E-state index >= 15 is 0 Å². The van der Waals surface area contributed by atoms with Crippen LogP contribution in [0.4, 0.5) is 0 Å². The largest absolute Gasteiger partial charge is 0.271 e. The van der Waals surface area contributed by atoms with Crippen LogP contribution in [0.25, 0.3) is 10.1 Å². The minimum Gasteiger partial charge on any atom is -0.271 e. The molecule has 0 bridgehead atoms. The van der Waals surface area contributed by atoms with Crippen molar-refractivity contribution >= 4 is 21.4 Å². The predicted octanol–water partition coefficient (Wildman–Crippen LogP) is 3.37. The average molecular weight is 232 g/mol. The van der Waals surface area contributed by atoms with Crippen molar-refractivity contribution in [3.05, 3.63) is 47.4 Å². The van der Waals surface area contributed by atoms with E-state index < -0.39 is 0 Å². The van der Waals surface area contributed by atoms with E-state index in [9.17, 15) is 0 Å². The summed E-state index contributed by atoms with van der Waals surface area (Å²) >= 11 is 1.79. The lowest BCUT2D eigenvalue weighted by molar-refractivity contribution is 0.559. The Balaban J connectivity index is 2.34. The molecule has 1 aromatic heterocycles. The van der Waals surface area contributed by atoms with Crippen molar-refractivity contribution in [3.63, 3.8) is 0 Å². The predicted molar refractivity (Wildman–Crippen MR) is 71.3 cm³/mol. The topological polar surface area (TPSA) is 38.0 Å². The van der Waals surface area contributed by atoms with Gasteiger partial charge in [-0.25, -0.2) is 0 Å². The molecule has 1 atom stereocenters. The second kappa shape index (κ2) is 4.78. The molecule has 0 aliphatic heterocycles. The van der Waals surface area contributed by atoms with Gasteiger partial charge in [-0.05, 0) is 30.9 Å². The molecule has 0 saturated heterocycles. The number of nitrogens with two attached hydrogens (primary N) is 1. The Bertz CT molecular complexity index is 468. The summed E-state index contributed by atoms with van der Waals surface area (Å²) in [5, 5.41) is 1.28. The van der Waals surface area contributed by atoms with Gasteiger partial charge in [0.25, 0.3) is 0 Å². The molecule has 0 saturated carbocycles. The molecule has 0 fully saturated rings. The van der Waals surface area contributed by atoms with E-state index in [0.717, 1.165) is 12.0 Å². The first-order chi connectivity index (χ1) is 7.70. The van der Waals surface area contributed by atoms with Crippen LogP contribution < -0.4 is 11.3 Å². The molecule has 0 aliphatic rings. The Kier molecular flexibility index (Phi) is 3.39. The molecule has 84 valence electrons. The molecule has 0 spiro atoms. The van der Waals surface area contributed by atoms with Crippen LogP contribution in [0.3, 0.4) is 0 Å². The number of benzene rings is 1. The van der Waals surface area contributed by atoms with Crippen LogP contribution in [-0.4, -0.2) is 0 Å². The maximum Gasteiger partial charge on any atom is 0.0590 e. The number of thiophene rings is 1. The first-order valence-electron chi connectivity index (χ1n) is 5.29. The zero-order valence-corrected chi connectivity index (χ0v) is 10.2. The Labute approximate surface area is 99.7 Å². The zero-order chi connectivity index (χ0) is 11.5. The smallest absolute Gasteiger partial charge is 0.0590 e. The minimum absolute atomic E-state index is 0.176. The standard InChI is InChI=1S/C13H16N2S/c1-9(2)7-11(15-14)13-8-10-5-3-4-6-12(10)16-13/h3-6,8,11,15H,1,7,14H2,2H3. The lowest BCUT2D eigenvalue weighted by atomic mass is 10.1. The van der Waals surface area contributed by atoms with Gasteiger partial charge in [-0.15, -0.1) is 17.9 Å². The van der Waals surface area contributed by atoms with E-state index in [1.165, 1.54) is 15.0 Å². The van der Waals surface area contributed by atoms with Gasteiger partial charge >= 0.3 is 0 Å². The molecular formula is C13H16N2S. The lowest BCUT2D eigenvalue weighted by Crippen LogP contribution is -2.27. The quantitative estimate of drug-likeness (QED) is 0.482. The zero-order valence-electron chi connectivity index (χ0n) is 9.36. The van der Waals surface area contributed by atoms with Gasteiger partial charge < -0.3 is 0 Å². The van der Waals surface area contributed by atoms with Gasteiger partial charge in [-0.2, -0.15) is 0 Å². The number of nitrogens with one attached hydrogen (secondary N) is 1. The average Bonchev–Trinajstić information content (AvgIpc) is 2.68. The molecule has 2 rings (SSSR count). The number of hydrogen-bond acceptors (Lipinski definition) is 3. The first-order valence-corrected chi connectivity index (χ1v) is 6.11. The molecule has 0 amide bonds. The van der Waals surface area contributed by atoms with Gasteiger partial charge in [0.1, 0.15) is 0 Å².